The third-order valence-electron chi connectivity index (χ3n) is 5.32. The largest absolute Gasteiger partial charge is 0.497 e. The van der Waals surface area contributed by atoms with Gasteiger partial charge in [-0.25, -0.2) is 0 Å². The smallest absolute Gasteiger partial charge is 0.243 e. The first kappa shape index (κ1) is 22.2. The van der Waals surface area contributed by atoms with Crippen molar-refractivity contribution in [2.24, 2.45) is 0 Å². The zero-order chi connectivity index (χ0) is 22.5. The van der Waals surface area contributed by atoms with E-state index in [9.17, 15) is 9.59 Å². The summed E-state index contributed by atoms with van der Waals surface area (Å²) in [4.78, 5) is 26.5. The van der Waals surface area contributed by atoms with E-state index >= 15 is 0 Å². The normalized spacial score (nSPS) is 11.8. The summed E-state index contributed by atoms with van der Waals surface area (Å²) in [6.07, 6.45) is 2.27. The van der Waals surface area contributed by atoms with E-state index < -0.39 is 6.04 Å². The minimum Gasteiger partial charge on any atom is -0.497 e. The predicted molar refractivity (Wildman–Crippen MR) is 121 cm³/mol. The van der Waals surface area contributed by atoms with E-state index in [-0.39, 0.29) is 11.3 Å². The van der Waals surface area contributed by atoms with Crippen molar-refractivity contribution in [2.75, 3.05) is 27.9 Å². The molecular weight excluding hydrogens is 396 g/mol. The van der Waals surface area contributed by atoms with Crippen LogP contribution in [0.15, 0.2) is 47.4 Å². The Kier molecular flexibility index (Phi) is 6.84. The van der Waals surface area contributed by atoms with E-state index in [2.05, 4.69) is 5.32 Å². The van der Waals surface area contributed by atoms with Gasteiger partial charge in [0.1, 0.15) is 23.3 Å². The maximum atomic E-state index is 13.6. The molecule has 3 aromatic rings. The lowest BCUT2D eigenvalue weighted by Crippen LogP contribution is -2.33. The van der Waals surface area contributed by atoms with Crippen molar-refractivity contribution in [1.29, 1.82) is 0 Å². The van der Waals surface area contributed by atoms with Gasteiger partial charge >= 0.3 is 0 Å². The van der Waals surface area contributed by atoms with Crippen molar-refractivity contribution in [3.8, 4) is 28.4 Å². The lowest BCUT2D eigenvalue weighted by molar-refractivity contribution is -0.124. The fraction of sp³-hybridized carbons (Fsp3) is 0.333. The first-order chi connectivity index (χ1) is 15.0. The third-order valence-corrected chi connectivity index (χ3v) is 5.32. The number of fused-ring (bicyclic) bond motifs is 1. The number of pyridine rings is 1. The molecule has 7 nitrogen and oxygen atoms in total. The molecule has 164 valence electrons. The van der Waals surface area contributed by atoms with Crippen LogP contribution < -0.4 is 25.0 Å². The molecule has 0 aliphatic heterocycles. The third kappa shape index (κ3) is 4.08. The second-order valence-electron chi connectivity index (χ2n) is 7.02. The van der Waals surface area contributed by atoms with Gasteiger partial charge in [0, 0.05) is 18.3 Å². The van der Waals surface area contributed by atoms with Gasteiger partial charge in [0.25, 0.3) is 0 Å². The molecule has 0 aliphatic carbocycles. The second-order valence-corrected chi connectivity index (χ2v) is 7.02. The monoisotopic (exact) mass is 424 g/mol. The van der Waals surface area contributed by atoms with Crippen LogP contribution in [0.5, 0.6) is 17.2 Å². The Hall–Kier alpha value is -3.48. The Morgan fingerprint density at radius 3 is 2.16 bits per heavy atom. The number of ether oxygens (including phenoxy) is 3. The van der Waals surface area contributed by atoms with Gasteiger partial charge in [0.2, 0.25) is 11.3 Å². The van der Waals surface area contributed by atoms with Crippen LogP contribution >= 0.6 is 0 Å². The molecule has 7 heteroatoms. The number of aromatic nitrogens is 1. The zero-order valence-corrected chi connectivity index (χ0v) is 18.5. The van der Waals surface area contributed by atoms with E-state index in [0.717, 1.165) is 5.56 Å². The summed E-state index contributed by atoms with van der Waals surface area (Å²) in [6.45, 7) is 4.32. The van der Waals surface area contributed by atoms with Crippen LogP contribution in [0, 0.1) is 0 Å². The molecule has 3 rings (SSSR count). The Bertz CT molecular complexity index is 1140. The Labute approximate surface area is 181 Å². The lowest BCUT2D eigenvalue weighted by atomic mass is 10.0. The molecule has 1 heterocycles. The topological polar surface area (TPSA) is 78.8 Å². The van der Waals surface area contributed by atoms with Crippen molar-refractivity contribution < 1.29 is 19.0 Å². The van der Waals surface area contributed by atoms with Crippen LogP contribution in [-0.2, 0) is 4.79 Å². The number of likely N-dealkylation sites (N-methyl/N-ethyl adjacent to an activating group) is 1. The molecule has 2 aromatic carbocycles. The quantitative estimate of drug-likeness (QED) is 0.595. The van der Waals surface area contributed by atoms with E-state index in [1.807, 2.05) is 30.5 Å². The van der Waals surface area contributed by atoms with Crippen molar-refractivity contribution >= 4 is 16.8 Å². The van der Waals surface area contributed by atoms with Crippen LogP contribution in [0.25, 0.3) is 22.0 Å². The molecule has 0 aliphatic rings. The summed E-state index contributed by atoms with van der Waals surface area (Å²) in [5.41, 5.74) is 1.52. The SMILES string of the molecule is CCNC(=O)C(CC)n1cc(-c2ccc(OC)cc2)c(=O)c2c(OC)ccc(OC)c21. The molecule has 1 N–H and O–H groups in total. The number of hydrogen-bond acceptors (Lipinski definition) is 5. The van der Waals surface area contributed by atoms with Gasteiger partial charge in [-0.2, -0.15) is 0 Å². The number of methoxy groups -OCH3 is 3. The summed E-state index contributed by atoms with van der Waals surface area (Å²) in [7, 11) is 4.65. The van der Waals surface area contributed by atoms with Gasteiger partial charge in [0.15, 0.2) is 0 Å². The van der Waals surface area contributed by atoms with Crippen LogP contribution in [0.4, 0.5) is 0 Å². The average molecular weight is 424 g/mol. The molecule has 0 radical (unpaired) electrons. The first-order valence-corrected chi connectivity index (χ1v) is 10.2. The van der Waals surface area contributed by atoms with Crippen LogP contribution in [0.3, 0.4) is 0 Å². The highest BCUT2D eigenvalue weighted by Crippen LogP contribution is 2.35. The number of benzene rings is 2. The second kappa shape index (κ2) is 9.55. The molecule has 0 fully saturated rings. The highest BCUT2D eigenvalue weighted by atomic mass is 16.5. The number of carbonyl (C=O) groups is 1. The summed E-state index contributed by atoms with van der Waals surface area (Å²) >= 11 is 0. The first-order valence-electron chi connectivity index (χ1n) is 10.2. The van der Waals surface area contributed by atoms with Crippen LogP contribution in [0.1, 0.15) is 26.3 Å². The number of hydrogen-bond donors (Lipinski definition) is 1. The van der Waals surface area contributed by atoms with Gasteiger partial charge < -0.3 is 24.1 Å². The molecule has 31 heavy (non-hydrogen) atoms. The van der Waals surface area contributed by atoms with Crippen molar-refractivity contribution in [3.63, 3.8) is 0 Å². The number of rotatable bonds is 8. The van der Waals surface area contributed by atoms with Gasteiger partial charge in [0.05, 0.1) is 32.2 Å². The highest BCUT2D eigenvalue weighted by Gasteiger charge is 2.25. The molecular formula is C24H28N2O5. The minimum absolute atomic E-state index is 0.125. The molecule has 0 spiro atoms. The maximum Gasteiger partial charge on any atom is 0.243 e. The van der Waals surface area contributed by atoms with E-state index in [1.54, 1.807) is 44.7 Å². The molecule has 1 amide bonds. The molecule has 0 bridgehead atoms. The molecule has 0 saturated heterocycles. The van der Waals surface area contributed by atoms with Crippen LogP contribution in [0.2, 0.25) is 0 Å². The fourth-order valence-corrected chi connectivity index (χ4v) is 3.78. The maximum absolute atomic E-state index is 13.6. The zero-order valence-electron chi connectivity index (χ0n) is 18.5. The summed E-state index contributed by atoms with van der Waals surface area (Å²) in [5.74, 6) is 1.49. The van der Waals surface area contributed by atoms with E-state index in [1.165, 1.54) is 7.11 Å². The standard InChI is InChI=1S/C24H28N2O5/c1-6-18(24(28)25-7-2)26-14-17(15-8-10-16(29-3)11-9-15)23(27)21-19(30-4)12-13-20(31-5)22(21)26/h8-14,18H,6-7H2,1-5H3,(H,25,28). The molecule has 0 saturated carbocycles. The Morgan fingerprint density at radius 2 is 1.61 bits per heavy atom. The van der Waals surface area contributed by atoms with E-state index in [0.29, 0.717) is 46.7 Å². The molecule has 1 unspecified atom stereocenters. The van der Waals surface area contributed by atoms with E-state index in [4.69, 9.17) is 14.2 Å². The predicted octanol–water partition coefficient (Wildman–Crippen LogP) is 3.78. The summed E-state index contributed by atoms with van der Waals surface area (Å²) in [5, 5.41) is 3.26. The number of nitrogens with one attached hydrogen (secondary N) is 1. The van der Waals surface area contributed by atoms with Crippen molar-refractivity contribution in [3.05, 3.63) is 52.8 Å². The van der Waals surface area contributed by atoms with Gasteiger partial charge in [-0.1, -0.05) is 19.1 Å². The minimum atomic E-state index is -0.527. The van der Waals surface area contributed by atoms with Crippen molar-refractivity contribution in [1.82, 2.24) is 9.88 Å². The van der Waals surface area contributed by atoms with Crippen molar-refractivity contribution in [2.45, 2.75) is 26.3 Å². The lowest BCUT2D eigenvalue weighted by Gasteiger charge is -2.24. The Morgan fingerprint density at radius 1 is 0.968 bits per heavy atom. The van der Waals surface area contributed by atoms with Crippen LogP contribution in [-0.4, -0.2) is 38.3 Å². The molecule has 1 aromatic heterocycles. The van der Waals surface area contributed by atoms with Gasteiger partial charge in [-0.3, -0.25) is 9.59 Å². The van der Waals surface area contributed by atoms with Gasteiger partial charge in [-0.05, 0) is 43.2 Å². The number of amides is 1. The molecule has 1 atom stereocenters. The highest BCUT2D eigenvalue weighted by molar-refractivity contribution is 5.95. The fourth-order valence-electron chi connectivity index (χ4n) is 3.78. The summed E-state index contributed by atoms with van der Waals surface area (Å²) in [6, 6.07) is 10.2. The average Bonchev–Trinajstić information content (AvgIpc) is 2.80. The van der Waals surface area contributed by atoms with Gasteiger partial charge in [-0.15, -0.1) is 0 Å². The number of carbonyl (C=O) groups excluding carboxylic acids is 1. The number of nitrogens with zero attached hydrogens (tertiary/aromatic N) is 1. The Balaban J connectivity index is 2.42. The summed E-state index contributed by atoms with van der Waals surface area (Å²) < 4.78 is 18.2.